The maximum Gasteiger partial charge on any atom is 0.304 e. The van der Waals surface area contributed by atoms with Gasteiger partial charge in [0.25, 0.3) is 5.91 Å². The van der Waals surface area contributed by atoms with E-state index < -0.39 is 63.9 Å². The van der Waals surface area contributed by atoms with Crippen LogP contribution in [0.4, 0.5) is 27.6 Å². The van der Waals surface area contributed by atoms with E-state index in [0.717, 1.165) is 20.7 Å². The first-order chi connectivity index (χ1) is 16.5. The van der Waals surface area contributed by atoms with Crippen LogP contribution in [0.15, 0.2) is 48.5 Å². The molecule has 1 amide bonds. The van der Waals surface area contributed by atoms with Gasteiger partial charge in [-0.2, -0.15) is 12.7 Å². The Balaban J connectivity index is 1.64. The number of hydrogen-bond acceptors (Lipinski definition) is 3. The third-order valence-corrected chi connectivity index (χ3v) is 7.26. The van der Waals surface area contributed by atoms with Crippen LogP contribution in [0.5, 0.6) is 0 Å². The molecule has 1 N–H and O–H groups in total. The summed E-state index contributed by atoms with van der Waals surface area (Å²) in [7, 11) is -2.76. The minimum atomic E-state index is -4.10. The monoisotopic (exact) mass is 511 g/mol. The number of nitrogens with one attached hydrogen (secondary N) is 1. The van der Waals surface area contributed by atoms with Gasteiger partial charge >= 0.3 is 10.2 Å². The van der Waals surface area contributed by atoms with E-state index in [-0.39, 0.29) is 23.4 Å². The molecule has 1 aliphatic rings. The summed E-state index contributed by atoms with van der Waals surface area (Å²) < 4.78 is 96.1. The first-order valence-electron chi connectivity index (χ1n) is 10.2. The fourth-order valence-corrected chi connectivity index (χ4v) is 5.10. The molecule has 3 aromatic rings. The Kier molecular flexibility index (Phi) is 6.52. The molecule has 0 fully saturated rings. The highest BCUT2D eigenvalue weighted by Crippen LogP contribution is 2.34. The minimum absolute atomic E-state index is 0.0143. The van der Waals surface area contributed by atoms with Crippen LogP contribution in [0.25, 0.3) is 0 Å². The molecular weight excluding hydrogens is 493 g/mol. The van der Waals surface area contributed by atoms with Crippen molar-refractivity contribution < 1.29 is 35.2 Å². The normalized spacial score (nSPS) is 15.1. The molecule has 1 heterocycles. The van der Waals surface area contributed by atoms with Crippen molar-refractivity contribution in [2.75, 3.05) is 11.4 Å². The Morgan fingerprint density at radius 1 is 0.914 bits per heavy atom. The van der Waals surface area contributed by atoms with Gasteiger partial charge in [0.05, 0.1) is 12.2 Å². The van der Waals surface area contributed by atoms with Gasteiger partial charge < -0.3 is 5.32 Å². The van der Waals surface area contributed by atoms with Gasteiger partial charge in [-0.05, 0) is 35.4 Å². The predicted octanol–water partition coefficient (Wildman–Crippen LogP) is 4.01. The lowest BCUT2D eigenvalue weighted by atomic mass is 10.1. The van der Waals surface area contributed by atoms with Crippen molar-refractivity contribution in [3.8, 4) is 0 Å². The van der Waals surface area contributed by atoms with Gasteiger partial charge in [-0.15, -0.1) is 0 Å². The summed E-state index contributed by atoms with van der Waals surface area (Å²) in [5.41, 5.74) is 0.105. The quantitative estimate of drug-likeness (QED) is 0.527. The first-order valence-corrected chi connectivity index (χ1v) is 11.6. The Morgan fingerprint density at radius 2 is 1.51 bits per heavy atom. The van der Waals surface area contributed by atoms with Gasteiger partial charge in [-0.3, -0.25) is 9.10 Å². The molecule has 35 heavy (non-hydrogen) atoms. The molecule has 0 saturated carbocycles. The minimum Gasteiger partial charge on any atom is -0.348 e. The highest BCUT2D eigenvalue weighted by atomic mass is 32.2. The summed E-state index contributed by atoms with van der Waals surface area (Å²) in [4.78, 5) is 12.7. The summed E-state index contributed by atoms with van der Waals surface area (Å²) in [6, 6.07) is 7.79. The zero-order valence-electron chi connectivity index (χ0n) is 18.2. The lowest BCUT2D eigenvalue weighted by Gasteiger charge is -2.36. The second-order valence-corrected chi connectivity index (χ2v) is 9.88. The van der Waals surface area contributed by atoms with Crippen LogP contribution < -0.4 is 9.62 Å². The molecule has 12 heteroatoms. The lowest BCUT2D eigenvalue weighted by Crippen LogP contribution is -2.45. The molecule has 0 bridgehead atoms. The van der Waals surface area contributed by atoms with Crippen LogP contribution in [0.2, 0.25) is 0 Å². The maximum atomic E-state index is 13.9. The Labute approximate surface area is 197 Å². The number of halogens is 5. The lowest BCUT2D eigenvalue weighted by molar-refractivity contribution is 0.0950. The Bertz CT molecular complexity index is 1390. The van der Waals surface area contributed by atoms with Crippen molar-refractivity contribution in [2.24, 2.45) is 0 Å². The third-order valence-electron chi connectivity index (χ3n) is 5.46. The molecule has 0 aliphatic carbocycles. The van der Waals surface area contributed by atoms with E-state index >= 15 is 0 Å². The second-order valence-electron chi connectivity index (χ2n) is 7.92. The van der Waals surface area contributed by atoms with E-state index in [4.69, 9.17) is 0 Å². The molecular formula is C23H18F5N3O3S. The summed E-state index contributed by atoms with van der Waals surface area (Å²) in [5, 5.41) is 2.31. The van der Waals surface area contributed by atoms with Crippen molar-refractivity contribution in [1.82, 2.24) is 9.62 Å². The first kappa shape index (κ1) is 24.6. The van der Waals surface area contributed by atoms with Gasteiger partial charge in [-0.1, -0.05) is 6.07 Å². The van der Waals surface area contributed by atoms with Crippen LogP contribution in [0, 0.1) is 29.1 Å². The van der Waals surface area contributed by atoms with Crippen LogP contribution in [-0.2, 0) is 29.8 Å². The van der Waals surface area contributed by atoms with E-state index in [2.05, 4.69) is 5.32 Å². The molecule has 6 nitrogen and oxygen atoms in total. The second kappa shape index (κ2) is 9.27. The van der Waals surface area contributed by atoms with Gasteiger partial charge in [0.1, 0.15) is 29.1 Å². The molecule has 1 aliphatic heterocycles. The van der Waals surface area contributed by atoms with Crippen LogP contribution in [-0.4, -0.2) is 25.7 Å². The van der Waals surface area contributed by atoms with E-state index in [1.165, 1.54) is 25.2 Å². The zero-order chi connectivity index (χ0) is 25.5. The highest BCUT2D eigenvalue weighted by molar-refractivity contribution is 7.90. The number of benzene rings is 3. The number of carbonyl (C=O) groups is 1. The SMILES string of the molecule is CN1Cc2ccc(C(=O)NCc3c(F)cc(F)cc3F)cc2N(Cc2cc(F)cc(F)c2)S1(=O)=O. The van der Waals surface area contributed by atoms with E-state index in [0.29, 0.717) is 23.8 Å². The van der Waals surface area contributed by atoms with Crippen LogP contribution in [0.3, 0.4) is 0 Å². The summed E-state index contributed by atoms with van der Waals surface area (Å²) in [5.74, 6) is -5.97. The predicted molar refractivity (Wildman–Crippen MR) is 117 cm³/mol. The van der Waals surface area contributed by atoms with Crippen molar-refractivity contribution in [2.45, 2.75) is 19.6 Å². The highest BCUT2D eigenvalue weighted by Gasteiger charge is 2.35. The molecule has 3 aromatic carbocycles. The molecule has 0 aromatic heterocycles. The van der Waals surface area contributed by atoms with Crippen molar-refractivity contribution in [1.29, 1.82) is 0 Å². The van der Waals surface area contributed by atoms with E-state index in [9.17, 15) is 35.2 Å². The molecule has 0 radical (unpaired) electrons. The van der Waals surface area contributed by atoms with Gasteiger partial charge in [0.2, 0.25) is 0 Å². The number of anilines is 1. The largest absolute Gasteiger partial charge is 0.348 e. The number of hydrogen-bond donors (Lipinski definition) is 1. The van der Waals surface area contributed by atoms with Crippen LogP contribution >= 0.6 is 0 Å². The molecule has 0 unspecified atom stereocenters. The van der Waals surface area contributed by atoms with Gasteiger partial charge in [-0.25, -0.2) is 22.0 Å². The average molecular weight is 511 g/mol. The van der Waals surface area contributed by atoms with Gasteiger partial charge in [0.15, 0.2) is 0 Å². The Morgan fingerprint density at radius 3 is 2.14 bits per heavy atom. The molecule has 4 rings (SSSR count). The van der Waals surface area contributed by atoms with Crippen molar-refractivity contribution >= 4 is 21.8 Å². The van der Waals surface area contributed by atoms with E-state index in [1.807, 2.05) is 0 Å². The standard InChI is InChI=1S/C23H18F5N3O3S/c1-30-12-15-3-2-14(23(32)29-10-19-20(27)8-18(26)9-21(19)28)6-22(15)31(35(30,33)34)11-13-4-16(24)7-17(25)5-13/h2-9H,10-12H2,1H3,(H,29,32). The molecule has 0 saturated heterocycles. The summed E-state index contributed by atoms with van der Waals surface area (Å²) in [6.45, 7) is -1.01. The number of amides is 1. The number of fused-ring (bicyclic) bond motifs is 1. The molecule has 0 atom stereocenters. The fraction of sp³-hybridized carbons (Fsp3) is 0.174. The fourth-order valence-electron chi connectivity index (χ4n) is 3.73. The number of rotatable bonds is 5. The molecule has 184 valence electrons. The van der Waals surface area contributed by atoms with Crippen LogP contribution in [0.1, 0.15) is 27.0 Å². The molecule has 0 spiro atoms. The summed E-state index contributed by atoms with van der Waals surface area (Å²) >= 11 is 0. The van der Waals surface area contributed by atoms with Gasteiger partial charge in [0, 0.05) is 49.5 Å². The topological polar surface area (TPSA) is 69.7 Å². The number of carbonyl (C=O) groups excluding carboxylic acids is 1. The smallest absolute Gasteiger partial charge is 0.304 e. The van der Waals surface area contributed by atoms with Crippen molar-refractivity contribution in [3.05, 3.63) is 99.9 Å². The maximum absolute atomic E-state index is 13.9. The van der Waals surface area contributed by atoms with Crippen molar-refractivity contribution in [3.63, 3.8) is 0 Å². The zero-order valence-corrected chi connectivity index (χ0v) is 19.0. The third kappa shape index (κ3) is 4.98. The number of nitrogens with zero attached hydrogens (tertiary/aromatic N) is 2. The van der Waals surface area contributed by atoms with E-state index in [1.54, 1.807) is 0 Å². The summed E-state index contributed by atoms with van der Waals surface area (Å²) in [6.07, 6.45) is 0. The Hall–Kier alpha value is -3.51. The average Bonchev–Trinajstić information content (AvgIpc) is 2.75.